The van der Waals surface area contributed by atoms with E-state index in [1.807, 2.05) is 6.07 Å². The topological polar surface area (TPSA) is 123 Å². The molecule has 10 heteroatoms. The van der Waals surface area contributed by atoms with Crippen LogP contribution >= 0.6 is 11.3 Å². The first-order chi connectivity index (χ1) is 17.5. The van der Waals surface area contributed by atoms with Gasteiger partial charge in [0.15, 0.2) is 0 Å². The number of carbonyl (C=O) groups excluding carboxylic acids is 4. The molecule has 2 N–H and O–H groups in total. The van der Waals surface area contributed by atoms with Crippen LogP contribution in [0.1, 0.15) is 50.1 Å². The van der Waals surface area contributed by atoms with Crippen molar-refractivity contribution in [3.8, 4) is 5.75 Å². The molecular weight excluding hydrogens is 482 g/mol. The monoisotopic (exact) mass is 505 g/mol. The molecule has 184 valence electrons. The van der Waals surface area contributed by atoms with Crippen LogP contribution in [-0.4, -0.2) is 36.6 Å². The first-order valence-electron chi connectivity index (χ1n) is 11.3. The Bertz CT molecular complexity index is 1320. The summed E-state index contributed by atoms with van der Waals surface area (Å²) in [5, 5.41) is 6.62. The van der Waals surface area contributed by atoms with Gasteiger partial charge >= 0.3 is 23.8 Å². The summed E-state index contributed by atoms with van der Waals surface area (Å²) in [6.07, 6.45) is 3.84. The van der Waals surface area contributed by atoms with E-state index in [-0.39, 0.29) is 6.61 Å². The third-order valence-electron chi connectivity index (χ3n) is 5.31. The number of anilines is 1. The van der Waals surface area contributed by atoms with E-state index in [9.17, 15) is 19.2 Å². The van der Waals surface area contributed by atoms with Crippen molar-refractivity contribution in [3.63, 3.8) is 0 Å². The quantitative estimate of drug-likeness (QED) is 0.166. The maximum Gasteiger partial charge on any atom is 0.343 e. The number of ether oxygens (including phenoxy) is 2. The maximum absolute atomic E-state index is 12.4. The molecule has 3 aromatic rings. The number of nitrogens with one attached hydrogen (secondary N) is 2. The summed E-state index contributed by atoms with van der Waals surface area (Å²) in [4.78, 5) is 50.1. The molecule has 0 spiro atoms. The van der Waals surface area contributed by atoms with Gasteiger partial charge in [0.05, 0.1) is 23.9 Å². The highest BCUT2D eigenvalue weighted by atomic mass is 32.1. The van der Waals surface area contributed by atoms with Crippen LogP contribution in [0.4, 0.5) is 5.00 Å². The van der Waals surface area contributed by atoms with Gasteiger partial charge in [-0.25, -0.2) is 15.0 Å². The van der Waals surface area contributed by atoms with Crippen molar-refractivity contribution < 1.29 is 28.7 Å². The van der Waals surface area contributed by atoms with Gasteiger partial charge in [0.2, 0.25) is 0 Å². The molecule has 0 bridgehead atoms. The number of aryl methyl sites for hydroxylation is 1. The second kappa shape index (κ2) is 11.4. The number of thiophene rings is 1. The second-order valence-corrected chi connectivity index (χ2v) is 8.86. The molecule has 2 aromatic carbocycles. The Morgan fingerprint density at radius 1 is 0.972 bits per heavy atom. The second-order valence-electron chi connectivity index (χ2n) is 7.76. The average molecular weight is 506 g/mol. The summed E-state index contributed by atoms with van der Waals surface area (Å²) >= 11 is 1.29. The van der Waals surface area contributed by atoms with Crippen LogP contribution < -0.4 is 15.5 Å². The molecule has 0 aliphatic heterocycles. The highest BCUT2D eigenvalue weighted by Gasteiger charge is 2.29. The fourth-order valence-corrected chi connectivity index (χ4v) is 4.92. The van der Waals surface area contributed by atoms with Crippen LogP contribution in [0, 0.1) is 0 Å². The number of fused-ring (bicyclic) bond motifs is 1. The molecule has 1 aliphatic rings. The van der Waals surface area contributed by atoms with E-state index in [0.717, 1.165) is 29.7 Å². The third-order valence-corrected chi connectivity index (χ3v) is 6.52. The van der Waals surface area contributed by atoms with Crippen molar-refractivity contribution in [2.75, 3.05) is 11.9 Å². The van der Waals surface area contributed by atoms with Gasteiger partial charge in [-0.05, 0) is 73.7 Å². The zero-order chi connectivity index (χ0) is 25.5. The molecule has 36 heavy (non-hydrogen) atoms. The van der Waals surface area contributed by atoms with Crippen molar-refractivity contribution in [1.29, 1.82) is 0 Å². The predicted octanol–water partition coefficient (Wildman–Crippen LogP) is 3.72. The third kappa shape index (κ3) is 5.84. The van der Waals surface area contributed by atoms with Gasteiger partial charge in [-0.15, -0.1) is 11.3 Å². The Balaban J connectivity index is 1.32. The smallest absolute Gasteiger partial charge is 0.343 e. The number of hydrogen-bond donors (Lipinski definition) is 2. The summed E-state index contributed by atoms with van der Waals surface area (Å²) in [5.41, 5.74) is 4.41. The number of hydrazone groups is 1. The minimum atomic E-state index is -0.983. The summed E-state index contributed by atoms with van der Waals surface area (Å²) in [6.45, 7) is 1.92. The Morgan fingerprint density at radius 2 is 1.72 bits per heavy atom. The minimum Gasteiger partial charge on any atom is -0.462 e. The number of nitrogens with zero attached hydrogens (tertiary/aromatic N) is 1. The minimum absolute atomic E-state index is 0.211. The first-order valence-corrected chi connectivity index (χ1v) is 12.1. The molecule has 0 fully saturated rings. The summed E-state index contributed by atoms with van der Waals surface area (Å²) in [5.74, 6) is -2.56. The van der Waals surface area contributed by atoms with Gasteiger partial charge in [-0.3, -0.25) is 9.59 Å². The zero-order valence-electron chi connectivity index (χ0n) is 19.4. The van der Waals surface area contributed by atoms with Gasteiger partial charge < -0.3 is 14.8 Å². The lowest BCUT2D eigenvalue weighted by Crippen LogP contribution is -2.32. The van der Waals surface area contributed by atoms with Crippen LogP contribution in [0.25, 0.3) is 0 Å². The number of rotatable bonds is 7. The summed E-state index contributed by atoms with van der Waals surface area (Å²) < 4.78 is 10.4. The van der Waals surface area contributed by atoms with Crippen LogP contribution in [0.5, 0.6) is 5.75 Å². The number of esters is 2. The highest BCUT2D eigenvalue weighted by Crippen LogP contribution is 2.39. The molecule has 0 atom stereocenters. The van der Waals surface area contributed by atoms with Crippen LogP contribution in [0.3, 0.4) is 0 Å². The Kier molecular flexibility index (Phi) is 7.86. The van der Waals surface area contributed by atoms with Crippen molar-refractivity contribution in [3.05, 3.63) is 81.7 Å². The van der Waals surface area contributed by atoms with E-state index in [4.69, 9.17) is 9.47 Å². The van der Waals surface area contributed by atoms with E-state index in [1.54, 1.807) is 55.5 Å². The lowest BCUT2D eigenvalue weighted by atomic mass is 10.1. The molecule has 1 heterocycles. The van der Waals surface area contributed by atoms with Crippen LogP contribution in [0.2, 0.25) is 0 Å². The molecule has 0 saturated carbocycles. The van der Waals surface area contributed by atoms with Crippen LogP contribution in [0.15, 0.2) is 59.7 Å². The Labute approximate surface area is 211 Å². The zero-order valence-corrected chi connectivity index (χ0v) is 20.2. The van der Waals surface area contributed by atoms with Crippen molar-refractivity contribution in [2.45, 2.75) is 26.2 Å². The Morgan fingerprint density at radius 3 is 2.44 bits per heavy atom. The lowest BCUT2D eigenvalue weighted by molar-refractivity contribution is -0.136. The van der Waals surface area contributed by atoms with E-state index in [2.05, 4.69) is 15.8 Å². The van der Waals surface area contributed by atoms with Crippen molar-refractivity contribution >= 4 is 46.3 Å². The largest absolute Gasteiger partial charge is 0.462 e. The average Bonchev–Trinajstić information content (AvgIpc) is 3.46. The van der Waals surface area contributed by atoms with E-state index >= 15 is 0 Å². The molecule has 0 radical (unpaired) electrons. The molecule has 1 aliphatic carbocycles. The summed E-state index contributed by atoms with van der Waals surface area (Å²) in [7, 11) is 0. The number of amides is 2. The fourth-order valence-electron chi connectivity index (χ4n) is 3.65. The molecule has 0 saturated heterocycles. The van der Waals surface area contributed by atoms with Gasteiger partial charge in [0.1, 0.15) is 10.8 Å². The highest BCUT2D eigenvalue weighted by molar-refractivity contribution is 7.17. The molecule has 9 nitrogen and oxygen atoms in total. The van der Waals surface area contributed by atoms with E-state index in [1.165, 1.54) is 17.6 Å². The molecule has 0 unspecified atom stereocenters. The van der Waals surface area contributed by atoms with Gasteiger partial charge in [0.25, 0.3) is 0 Å². The van der Waals surface area contributed by atoms with Gasteiger partial charge in [-0.1, -0.05) is 18.2 Å². The predicted molar refractivity (Wildman–Crippen MR) is 135 cm³/mol. The van der Waals surface area contributed by atoms with Crippen molar-refractivity contribution in [1.82, 2.24) is 5.43 Å². The normalized spacial score (nSPS) is 12.1. The van der Waals surface area contributed by atoms with Crippen LogP contribution in [-0.2, 0) is 27.2 Å². The number of carbonyl (C=O) groups is 4. The number of benzene rings is 2. The van der Waals surface area contributed by atoms with E-state index in [0.29, 0.717) is 27.4 Å². The summed E-state index contributed by atoms with van der Waals surface area (Å²) in [6, 6.07) is 15.1. The van der Waals surface area contributed by atoms with E-state index < -0.39 is 23.8 Å². The lowest BCUT2D eigenvalue weighted by Gasteiger charge is -2.07. The van der Waals surface area contributed by atoms with Gasteiger partial charge in [-0.2, -0.15) is 5.10 Å². The van der Waals surface area contributed by atoms with Crippen molar-refractivity contribution in [2.24, 2.45) is 5.10 Å². The SMILES string of the molecule is CCOC(=O)c1c(NC(=O)C(=O)N/N=C/c2ccc(OC(=O)c3ccccc3)cc2)sc2c1CCC2. The number of hydrogen-bond acceptors (Lipinski definition) is 8. The molecule has 2 amide bonds. The molecular formula is C26H23N3O6S. The Hall–Kier alpha value is -4.31. The fraction of sp³-hybridized carbons (Fsp3) is 0.192. The molecule has 1 aromatic heterocycles. The standard InChI is InChI=1S/C26H23N3O6S/c1-2-34-26(33)21-19-9-6-10-20(19)36-24(21)28-22(30)23(31)29-27-15-16-11-13-18(14-12-16)35-25(32)17-7-4-3-5-8-17/h3-5,7-8,11-15H,2,6,9-10H2,1H3,(H,28,30)(H,29,31)/b27-15+. The maximum atomic E-state index is 12.4. The first kappa shape index (κ1) is 24.8. The molecule has 4 rings (SSSR count). The van der Waals surface area contributed by atoms with Gasteiger partial charge in [0, 0.05) is 4.88 Å².